The highest BCUT2D eigenvalue weighted by Gasteiger charge is 2.20. The van der Waals surface area contributed by atoms with Crippen LogP contribution in [0.5, 0.6) is 0 Å². The van der Waals surface area contributed by atoms with Crippen molar-refractivity contribution >= 4 is 11.7 Å². The fourth-order valence-corrected chi connectivity index (χ4v) is 3.63. The molecule has 3 heterocycles. The topological polar surface area (TPSA) is 77.6 Å². The van der Waals surface area contributed by atoms with Gasteiger partial charge in [-0.2, -0.15) is 10.2 Å². The van der Waals surface area contributed by atoms with Gasteiger partial charge in [0.05, 0.1) is 23.5 Å². The third kappa shape index (κ3) is 4.61. The van der Waals surface area contributed by atoms with E-state index >= 15 is 0 Å². The van der Waals surface area contributed by atoms with Gasteiger partial charge in [-0.25, -0.2) is 9.07 Å². The minimum Gasteiger partial charge on any atom is -0.305 e. The molecule has 0 aliphatic carbocycles. The largest absolute Gasteiger partial charge is 0.305 e. The number of rotatable bonds is 6. The van der Waals surface area contributed by atoms with Gasteiger partial charge in [0.15, 0.2) is 5.82 Å². The highest BCUT2D eigenvalue weighted by molar-refractivity contribution is 6.07. The highest BCUT2D eigenvalue weighted by Crippen LogP contribution is 2.25. The molecule has 3 aromatic heterocycles. The summed E-state index contributed by atoms with van der Waals surface area (Å²) >= 11 is 0. The Bertz CT molecular complexity index is 1440. The molecule has 0 unspecified atom stereocenters. The van der Waals surface area contributed by atoms with Crippen LogP contribution in [0.15, 0.2) is 91.4 Å². The lowest BCUT2D eigenvalue weighted by atomic mass is 10.1. The van der Waals surface area contributed by atoms with Crippen LogP contribution in [0.3, 0.4) is 0 Å². The summed E-state index contributed by atoms with van der Waals surface area (Å²) in [5.41, 5.74) is 4.28. The molecule has 0 fully saturated rings. The summed E-state index contributed by atoms with van der Waals surface area (Å²) in [6.07, 6.45) is 5.16. The van der Waals surface area contributed by atoms with Crippen molar-refractivity contribution in [3.63, 3.8) is 0 Å². The summed E-state index contributed by atoms with van der Waals surface area (Å²) in [5.74, 6) is -0.257. The molecule has 0 spiro atoms. The Morgan fingerprint density at radius 2 is 1.85 bits per heavy atom. The first-order valence-electron chi connectivity index (χ1n) is 10.7. The van der Waals surface area contributed by atoms with E-state index in [1.165, 1.54) is 12.1 Å². The number of nitrogens with zero attached hydrogens (tertiary/aromatic N) is 5. The van der Waals surface area contributed by atoms with Crippen LogP contribution < -0.4 is 5.32 Å². The lowest BCUT2D eigenvalue weighted by Crippen LogP contribution is -2.13. The Kier molecular flexibility index (Phi) is 5.70. The third-order valence-electron chi connectivity index (χ3n) is 5.27. The number of halogens is 1. The predicted octanol–water partition coefficient (Wildman–Crippen LogP) is 4.88. The Morgan fingerprint density at radius 1 is 1.00 bits per heavy atom. The van der Waals surface area contributed by atoms with Crippen LogP contribution in [0, 0.1) is 12.7 Å². The minimum absolute atomic E-state index is 0.339. The van der Waals surface area contributed by atoms with Crippen molar-refractivity contribution in [2.45, 2.75) is 13.5 Å². The van der Waals surface area contributed by atoms with Crippen LogP contribution in [0.2, 0.25) is 0 Å². The van der Waals surface area contributed by atoms with Gasteiger partial charge in [-0.1, -0.05) is 29.8 Å². The summed E-state index contributed by atoms with van der Waals surface area (Å²) in [5, 5.41) is 11.9. The SMILES string of the molecule is Cc1cccc(-c2nn(-c3ccc(F)cc3)cc2C(=O)Nc2ccn(Cc3ccccn3)n2)c1. The van der Waals surface area contributed by atoms with Gasteiger partial charge in [-0.3, -0.25) is 14.5 Å². The standard InChI is InChI=1S/C26H21FN6O/c1-18-5-4-6-19(15-18)25-23(17-33(31-25)22-10-8-20(27)9-11-22)26(34)29-24-12-14-32(30-24)16-21-7-2-3-13-28-21/h2-15,17H,16H2,1H3,(H,29,30,34). The van der Waals surface area contributed by atoms with Gasteiger partial charge in [0.25, 0.3) is 5.91 Å². The van der Waals surface area contributed by atoms with Crippen molar-refractivity contribution in [1.82, 2.24) is 24.5 Å². The zero-order valence-electron chi connectivity index (χ0n) is 18.4. The number of carbonyl (C=O) groups excluding carboxylic acids is 1. The van der Waals surface area contributed by atoms with Crippen LogP contribution in [-0.2, 0) is 6.54 Å². The normalized spacial score (nSPS) is 10.9. The van der Waals surface area contributed by atoms with Crippen molar-refractivity contribution in [3.8, 4) is 16.9 Å². The molecule has 2 aromatic carbocycles. The van der Waals surface area contributed by atoms with Gasteiger partial charge in [0, 0.05) is 30.2 Å². The molecule has 0 bridgehead atoms. The van der Waals surface area contributed by atoms with Gasteiger partial charge in [0.2, 0.25) is 0 Å². The lowest BCUT2D eigenvalue weighted by Gasteiger charge is -2.04. The summed E-state index contributed by atoms with van der Waals surface area (Å²) in [7, 11) is 0. The fraction of sp³-hybridized carbons (Fsp3) is 0.0769. The molecule has 0 radical (unpaired) electrons. The first-order valence-corrected chi connectivity index (χ1v) is 10.7. The molecule has 34 heavy (non-hydrogen) atoms. The van der Waals surface area contributed by atoms with Gasteiger partial charge in [-0.05, 0) is 49.4 Å². The maximum Gasteiger partial charge on any atom is 0.260 e. The number of anilines is 1. The predicted molar refractivity (Wildman–Crippen MR) is 127 cm³/mol. The molecule has 1 N–H and O–H groups in total. The van der Waals surface area contributed by atoms with Gasteiger partial charge < -0.3 is 5.32 Å². The number of aryl methyl sites for hydroxylation is 1. The van der Waals surface area contributed by atoms with E-state index in [4.69, 9.17) is 0 Å². The molecule has 0 atom stereocenters. The third-order valence-corrected chi connectivity index (χ3v) is 5.27. The summed E-state index contributed by atoms with van der Waals surface area (Å²) in [6, 6.07) is 21.1. The molecule has 1 amide bonds. The van der Waals surface area contributed by atoms with Crippen molar-refractivity contribution in [2.24, 2.45) is 0 Å². The number of carbonyl (C=O) groups is 1. The van der Waals surface area contributed by atoms with E-state index in [2.05, 4.69) is 20.5 Å². The second-order valence-electron chi connectivity index (χ2n) is 7.86. The van der Waals surface area contributed by atoms with Gasteiger partial charge >= 0.3 is 0 Å². The summed E-state index contributed by atoms with van der Waals surface area (Å²) in [4.78, 5) is 17.6. The van der Waals surface area contributed by atoms with E-state index in [9.17, 15) is 9.18 Å². The van der Waals surface area contributed by atoms with E-state index in [1.807, 2.05) is 49.4 Å². The average molecular weight is 452 g/mol. The maximum atomic E-state index is 13.4. The van der Waals surface area contributed by atoms with Crippen molar-refractivity contribution in [3.05, 3.63) is 114 Å². The molecule has 168 valence electrons. The summed E-state index contributed by atoms with van der Waals surface area (Å²) < 4.78 is 16.7. The van der Waals surface area contributed by atoms with E-state index in [0.29, 0.717) is 29.3 Å². The molecular weight excluding hydrogens is 431 g/mol. The van der Waals surface area contributed by atoms with Crippen LogP contribution in [0.4, 0.5) is 10.2 Å². The molecule has 5 rings (SSSR count). The van der Waals surface area contributed by atoms with E-state index in [-0.39, 0.29) is 11.7 Å². The number of nitrogens with one attached hydrogen (secondary N) is 1. The fourth-order valence-electron chi connectivity index (χ4n) is 3.63. The Hall–Kier alpha value is -4.59. The summed E-state index contributed by atoms with van der Waals surface area (Å²) in [6.45, 7) is 2.47. The minimum atomic E-state index is -0.340. The van der Waals surface area contributed by atoms with Gasteiger partial charge in [0.1, 0.15) is 11.5 Å². The Morgan fingerprint density at radius 3 is 2.62 bits per heavy atom. The molecule has 0 aliphatic rings. The Balaban J connectivity index is 1.44. The number of aromatic nitrogens is 5. The van der Waals surface area contributed by atoms with E-state index in [1.54, 1.807) is 46.2 Å². The van der Waals surface area contributed by atoms with Crippen molar-refractivity contribution < 1.29 is 9.18 Å². The van der Waals surface area contributed by atoms with Crippen LogP contribution in [0.1, 0.15) is 21.6 Å². The zero-order valence-corrected chi connectivity index (χ0v) is 18.4. The van der Waals surface area contributed by atoms with Crippen LogP contribution in [0.25, 0.3) is 16.9 Å². The van der Waals surface area contributed by atoms with Crippen molar-refractivity contribution in [1.29, 1.82) is 0 Å². The molecule has 0 saturated carbocycles. The first kappa shape index (κ1) is 21.3. The Labute approximate surface area is 195 Å². The number of hydrogen-bond donors (Lipinski definition) is 1. The number of amides is 1. The molecule has 5 aromatic rings. The molecular formula is C26H21FN6O. The monoisotopic (exact) mass is 452 g/mol. The van der Waals surface area contributed by atoms with Crippen LogP contribution in [-0.4, -0.2) is 30.5 Å². The van der Waals surface area contributed by atoms with Crippen LogP contribution >= 0.6 is 0 Å². The first-order chi connectivity index (χ1) is 16.5. The van der Waals surface area contributed by atoms with Gasteiger partial charge in [-0.15, -0.1) is 0 Å². The number of hydrogen-bond acceptors (Lipinski definition) is 4. The smallest absolute Gasteiger partial charge is 0.260 e. The zero-order chi connectivity index (χ0) is 23.5. The van der Waals surface area contributed by atoms with E-state index < -0.39 is 0 Å². The molecule has 0 saturated heterocycles. The molecule has 8 heteroatoms. The second-order valence-corrected chi connectivity index (χ2v) is 7.86. The quantitative estimate of drug-likeness (QED) is 0.398. The number of pyridine rings is 1. The molecule has 0 aliphatic heterocycles. The van der Waals surface area contributed by atoms with E-state index in [0.717, 1.165) is 16.8 Å². The highest BCUT2D eigenvalue weighted by atomic mass is 19.1. The number of benzene rings is 2. The second kappa shape index (κ2) is 9.11. The average Bonchev–Trinajstić information content (AvgIpc) is 3.48. The maximum absolute atomic E-state index is 13.4. The van der Waals surface area contributed by atoms with Crippen molar-refractivity contribution in [2.75, 3.05) is 5.32 Å². The molecule has 7 nitrogen and oxygen atoms in total. The lowest BCUT2D eigenvalue weighted by molar-refractivity contribution is 0.102.